The average molecular weight is 518 g/mol. The van der Waals surface area contributed by atoms with Crippen molar-refractivity contribution in [2.24, 2.45) is 0 Å². The smallest absolute Gasteiger partial charge is 0.255 e. The van der Waals surface area contributed by atoms with Gasteiger partial charge in [0.25, 0.3) is 5.91 Å². The summed E-state index contributed by atoms with van der Waals surface area (Å²) in [6, 6.07) is 23.1. The fraction of sp³-hybridized carbons (Fsp3) is 0.219. The molecule has 1 N–H and O–H groups in total. The van der Waals surface area contributed by atoms with Gasteiger partial charge in [-0.25, -0.2) is 4.98 Å². The Labute approximate surface area is 229 Å². The second kappa shape index (κ2) is 12.8. The van der Waals surface area contributed by atoms with Crippen molar-refractivity contribution < 1.29 is 9.53 Å². The molecule has 0 spiro atoms. The van der Waals surface area contributed by atoms with E-state index in [4.69, 9.17) is 4.74 Å². The number of anilines is 1. The third kappa shape index (κ3) is 7.51. The Hall–Kier alpha value is -4.51. The molecule has 1 aliphatic rings. The number of carbonyl (C=O) groups excluding carboxylic acids is 1. The van der Waals surface area contributed by atoms with Crippen LogP contribution in [0.4, 0.5) is 5.69 Å². The number of pyridine rings is 2. The van der Waals surface area contributed by atoms with Crippen LogP contribution in [0.5, 0.6) is 5.88 Å². The van der Waals surface area contributed by atoms with Crippen molar-refractivity contribution in [2.45, 2.75) is 13.1 Å². The highest BCUT2D eigenvalue weighted by atomic mass is 16.5. The van der Waals surface area contributed by atoms with Crippen molar-refractivity contribution in [3.63, 3.8) is 0 Å². The van der Waals surface area contributed by atoms with Gasteiger partial charge in [0.2, 0.25) is 5.88 Å². The van der Waals surface area contributed by atoms with Gasteiger partial charge in [0.05, 0.1) is 7.11 Å². The Bertz CT molecular complexity index is 1440. The van der Waals surface area contributed by atoms with Gasteiger partial charge in [-0.3, -0.25) is 19.6 Å². The molecule has 3 heterocycles. The molecule has 2 aromatic heterocycles. The van der Waals surface area contributed by atoms with Crippen LogP contribution in [0, 0.1) is 11.8 Å². The molecule has 1 amide bonds. The van der Waals surface area contributed by atoms with E-state index in [9.17, 15) is 4.79 Å². The molecule has 5 rings (SSSR count). The summed E-state index contributed by atoms with van der Waals surface area (Å²) in [6.07, 6.45) is 5.42. The molecular weight excluding hydrogens is 486 g/mol. The first-order chi connectivity index (χ1) is 19.1. The standard InChI is InChI=1S/C32H31N5O2/c1-39-31-21-26(14-16-34-31)5-4-25-8-12-30(13-9-25)35-32(38)29-10-6-27(7-11-29)23-36-17-19-37(20-18-36)24-28-3-2-15-33-22-28/h2-3,6-16,21-22H,17-20,23-24H2,1H3,(H,35,38). The summed E-state index contributed by atoms with van der Waals surface area (Å²) in [5.74, 6) is 6.62. The minimum Gasteiger partial charge on any atom is -0.481 e. The third-order valence-electron chi connectivity index (χ3n) is 6.65. The number of hydrogen-bond donors (Lipinski definition) is 1. The lowest BCUT2D eigenvalue weighted by Crippen LogP contribution is -2.45. The number of carbonyl (C=O) groups is 1. The van der Waals surface area contributed by atoms with Crippen molar-refractivity contribution in [3.05, 3.63) is 119 Å². The van der Waals surface area contributed by atoms with Crippen LogP contribution in [-0.4, -0.2) is 59.0 Å². The van der Waals surface area contributed by atoms with Crippen molar-refractivity contribution in [2.75, 3.05) is 38.6 Å². The van der Waals surface area contributed by atoms with Crippen molar-refractivity contribution >= 4 is 11.6 Å². The molecule has 196 valence electrons. The Morgan fingerprint density at radius 3 is 2.21 bits per heavy atom. The Morgan fingerprint density at radius 1 is 0.846 bits per heavy atom. The van der Waals surface area contributed by atoms with Gasteiger partial charge in [0, 0.05) is 86.3 Å². The lowest BCUT2D eigenvalue weighted by Gasteiger charge is -2.34. The maximum Gasteiger partial charge on any atom is 0.255 e. The van der Waals surface area contributed by atoms with Gasteiger partial charge in [-0.1, -0.05) is 30.0 Å². The summed E-state index contributed by atoms with van der Waals surface area (Å²) < 4.78 is 5.13. The van der Waals surface area contributed by atoms with Gasteiger partial charge in [0.1, 0.15) is 0 Å². The second-order valence-corrected chi connectivity index (χ2v) is 9.48. The Balaban J connectivity index is 1.09. The summed E-state index contributed by atoms with van der Waals surface area (Å²) in [5.41, 5.74) is 5.51. The molecule has 7 heteroatoms. The van der Waals surface area contributed by atoms with Gasteiger partial charge < -0.3 is 10.1 Å². The van der Waals surface area contributed by atoms with Crippen LogP contribution in [-0.2, 0) is 13.1 Å². The molecule has 0 unspecified atom stereocenters. The first kappa shape index (κ1) is 26.1. The fourth-order valence-corrected chi connectivity index (χ4v) is 4.46. The molecule has 39 heavy (non-hydrogen) atoms. The molecule has 0 atom stereocenters. The van der Waals surface area contributed by atoms with Gasteiger partial charge in [0.15, 0.2) is 0 Å². The highest BCUT2D eigenvalue weighted by Gasteiger charge is 2.17. The molecule has 7 nitrogen and oxygen atoms in total. The summed E-state index contributed by atoms with van der Waals surface area (Å²) >= 11 is 0. The van der Waals surface area contributed by atoms with E-state index in [2.05, 4.69) is 43.0 Å². The number of benzene rings is 2. The number of ether oxygens (including phenoxy) is 1. The zero-order valence-corrected chi connectivity index (χ0v) is 22.0. The first-order valence-electron chi connectivity index (χ1n) is 13.0. The number of methoxy groups -OCH3 is 1. The average Bonchev–Trinajstić information content (AvgIpc) is 2.99. The van der Waals surface area contributed by atoms with Crippen LogP contribution in [0.2, 0.25) is 0 Å². The molecular formula is C32H31N5O2. The van der Waals surface area contributed by atoms with Gasteiger partial charge in [-0.05, 0) is 59.7 Å². The van der Waals surface area contributed by atoms with Crippen molar-refractivity contribution in [3.8, 4) is 17.7 Å². The SMILES string of the molecule is COc1cc(C#Cc2ccc(NC(=O)c3ccc(CN4CCN(Cc5cccnc5)CC4)cc3)cc2)ccn1. The largest absolute Gasteiger partial charge is 0.481 e. The molecule has 0 aliphatic carbocycles. The van der Waals surface area contributed by atoms with Crippen LogP contribution < -0.4 is 10.1 Å². The molecule has 1 saturated heterocycles. The van der Waals surface area contributed by atoms with E-state index in [0.29, 0.717) is 11.4 Å². The number of amides is 1. The minimum atomic E-state index is -0.131. The second-order valence-electron chi connectivity index (χ2n) is 9.48. The summed E-state index contributed by atoms with van der Waals surface area (Å²) in [6.45, 7) is 5.97. The number of nitrogens with one attached hydrogen (secondary N) is 1. The van der Waals surface area contributed by atoms with Crippen LogP contribution in [0.3, 0.4) is 0 Å². The number of rotatable bonds is 7. The first-order valence-corrected chi connectivity index (χ1v) is 13.0. The van der Waals surface area contributed by atoms with Crippen molar-refractivity contribution in [1.82, 2.24) is 19.8 Å². The van der Waals surface area contributed by atoms with Gasteiger partial charge >= 0.3 is 0 Å². The lowest BCUT2D eigenvalue weighted by molar-refractivity contribution is 0.102. The molecule has 0 saturated carbocycles. The van der Waals surface area contributed by atoms with E-state index < -0.39 is 0 Å². The number of piperazine rings is 1. The summed E-state index contributed by atoms with van der Waals surface area (Å²) in [7, 11) is 1.58. The van der Waals surface area contributed by atoms with E-state index in [1.807, 2.05) is 73.1 Å². The number of hydrogen-bond acceptors (Lipinski definition) is 6. The summed E-state index contributed by atoms with van der Waals surface area (Å²) in [5, 5.41) is 2.97. The third-order valence-corrected chi connectivity index (χ3v) is 6.65. The normalized spacial score (nSPS) is 13.8. The van der Waals surface area contributed by atoms with E-state index in [0.717, 1.165) is 56.1 Å². The Morgan fingerprint density at radius 2 is 1.54 bits per heavy atom. The molecule has 0 radical (unpaired) electrons. The van der Waals surface area contributed by atoms with Crippen LogP contribution in [0.15, 0.2) is 91.4 Å². The number of aromatic nitrogens is 2. The van der Waals surface area contributed by atoms with Crippen molar-refractivity contribution in [1.29, 1.82) is 0 Å². The van der Waals surface area contributed by atoms with Crippen LogP contribution in [0.25, 0.3) is 0 Å². The molecule has 0 bridgehead atoms. The van der Waals surface area contributed by atoms with Crippen LogP contribution >= 0.6 is 0 Å². The van der Waals surface area contributed by atoms with E-state index >= 15 is 0 Å². The van der Waals surface area contributed by atoms with E-state index in [-0.39, 0.29) is 5.91 Å². The fourth-order valence-electron chi connectivity index (χ4n) is 4.46. The number of nitrogens with zero attached hydrogens (tertiary/aromatic N) is 4. The molecule has 1 fully saturated rings. The quantitative estimate of drug-likeness (QED) is 0.365. The van der Waals surface area contributed by atoms with Crippen LogP contribution in [0.1, 0.15) is 32.6 Å². The van der Waals surface area contributed by atoms with E-state index in [1.54, 1.807) is 19.4 Å². The zero-order chi connectivity index (χ0) is 26.9. The Kier molecular flexibility index (Phi) is 8.59. The predicted octanol–water partition coefficient (Wildman–Crippen LogP) is 4.46. The summed E-state index contributed by atoms with van der Waals surface area (Å²) in [4.78, 5) is 26.0. The molecule has 4 aromatic rings. The highest BCUT2D eigenvalue weighted by Crippen LogP contribution is 2.15. The molecule has 2 aromatic carbocycles. The van der Waals surface area contributed by atoms with Gasteiger partial charge in [-0.15, -0.1) is 0 Å². The zero-order valence-electron chi connectivity index (χ0n) is 22.0. The maximum atomic E-state index is 12.8. The lowest BCUT2D eigenvalue weighted by atomic mass is 10.1. The predicted molar refractivity (Wildman–Crippen MR) is 152 cm³/mol. The minimum absolute atomic E-state index is 0.131. The highest BCUT2D eigenvalue weighted by molar-refractivity contribution is 6.04. The maximum absolute atomic E-state index is 12.8. The van der Waals surface area contributed by atoms with Gasteiger partial charge in [-0.2, -0.15) is 0 Å². The van der Waals surface area contributed by atoms with E-state index in [1.165, 1.54) is 11.1 Å². The topological polar surface area (TPSA) is 70.6 Å². The monoisotopic (exact) mass is 517 g/mol. The molecule has 1 aliphatic heterocycles.